The van der Waals surface area contributed by atoms with Crippen molar-refractivity contribution in [1.29, 1.82) is 0 Å². The van der Waals surface area contributed by atoms with E-state index < -0.39 is 0 Å². The fourth-order valence-electron chi connectivity index (χ4n) is 3.09. The van der Waals surface area contributed by atoms with E-state index in [1.54, 1.807) is 0 Å². The summed E-state index contributed by atoms with van der Waals surface area (Å²) in [5, 5.41) is 13.2. The van der Waals surface area contributed by atoms with Gasteiger partial charge in [0.2, 0.25) is 5.91 Å². The molecule has 1 N–H and O–H groups in total. The number of nitrogens with zero attached hydrogens (tertiary/aromatic N) is 3. The van der Waals surface area contributed by atoms with E-state index in [-0.39, 0.29) is 11.2 Å². The zero-order chi connectivity index (χ0) is 18.8. The maximum Gasteiger partial charge on any atom is 0.233 e. The van der Waals surface area contributed by atoms with Gasteiger partial charge in [-0.1, -0.05) is 60.3 Å². The largest absolute Gasteiger partial charge is 0.351 e. The van der Waals surface area contributed by atoms with Crippen LogP contribution in [0.3, 0.4) is 0 Å². The van der Waals surface area contributed by atoms with Gasteiger partial charge in [0.05, 0.1) is 10.8 Å². The molecule has 4 rings (SSSR count). The standard InChI is InChI=1S/C21H20N4OS/c1-14-12-19-23-24-21(25(19)18-11-7-6-10-17(14)18)27-15(2)20(26)22-13-16-8-4-3-5-9-16/h3-12,15H,13H2,1-2H3,(H,22,26). The number of pyridine rings is 1. The van der Waals surface area contributed by atoms with Crippen molar-refractivity contribution in [1.82, 2.24) is 19.9 Å². The molecule has 4 aromatic rings. The SMILES string of the molecule is Cc1cc2nnc(SC(C)C(=O)NCc3ccccc3)n2c2ccccc12. The van der Waals surface area contributed by atoms with Gasteiger partial charge in [-0.15, -0.1) is 10.2 Å². The molecule has 2 heterocycles. The molecule has 0 radical (unpaired) electrons. The highest BCUT2D eigenvalue weighted by molar-refractivity contribution is 8.00. The van der Waals surface area contributed by atoms with Crippen LogP contribution in [0.4, 0.5) is 0 Å². The van der Waals surface area contributed by atoms with E-state index in [4.69, 9.17) is 0 Å². The van der Waals surface area contributed by atoms with Gasteiger partial charge in [0.1, 0.15) is 0 Å². The van der Waals surface area contributed by atoms with E-state index in [1.165, 1.54) is 11.8 Å². The minimum absolute atomic E-state index is 0.0166. The summed E-state index contributed by atoms with van der Waals surface area (Å²) in [5.74, 6) is -0.0166. The third-order valence-electron chi connectivity index (χ3n) is 4.53. The average Bonchev–Trinajstić information content (AvgIpc) is 3.09. The lowest BCUT2D eigenvalue weighted by atomic mass is 10.1. The van der Waals surface area contributed by atoms with Crippen LogP contribution in [0.5, 0.6) is 0 Å². The van der Waals surface area contributed by atoms with Crippen LogP contribution in [0.1, 0.15) is 18.1 Å². The number of carbonyl (C=O) groups excluding carboxylic acids is 1. The number of hydrogen-bond acceptors (Lipinski definition) is 4. The molecule has 0 bridgehead atoms. The summed E-state index contributed by atoms with van der Waals surface area (Å²) < 4.78 is 2.02. The number of benzene rings is 2. The third kappa shape index (κ3) is 3.53. The first-order valence-corrected chi connectivity index (χ1v) is 9.73. The Morgan fingerprint density at radius 1 is 1.11 bits per heavy atom. The lowest BCUT2D eigenvalue weighted by molar-refractivity contribution is -0.120. The van der Waals surface area contributed by atoms with Crippen LogP contribution in [0.25, 0.3) is 16.6 Å². The number of thioether (sulfide) groups is 1. The molecule has 0 aliphatic rings. The Kier molecular flexibility index (Phi) is 4.81. The van der Waals surface area contributed by atoms with Crippen molar-refractivity contribution in [2.45, 2.75) is 30.8 Å². The second-order valence-electron chi connectivity index (χ2n) is 6.48. The van der Waals surface area contributed by atoms with Gasteiger partial charge in [-0.3, -0.25) is 9.20 Å². The maximum atomic E-state index is 12.5. The van der Waals surface area contributed by atoms with E-state index in [0.29, 0.717) is 6.54 Å². The first-order valence-electron chi connectivity index (χ1n) is 8.85. The van der Waals surface area contributed by atoms with Crippen LogP contribution in [0, 0.1) is 6.92 Å². The highest BCUT2D eigenvalue weighted by Gasteiger charge is 2.19. The molecular weight excluding hydrogens is 356 g/mol. The van der Waals surface area contributed by atoms with Gasteiger partial charge >= 0.3 is 0 Å². The average molecular weight is 376 g/mol. The zero-order valence-corrected chi connectivity index (χ0v) is 16.0. The molecule has 0 saturated heterocycles. The van der Waals surface area contributed by atoms with E-state index >= 15 is 0 Å². The summed E-state index contributed by atoms with van der Waals surface area (Å²) in [6, 6.07) is 20.1. The van der Waals surface area contributed by atoms with Crippen LogP contribution in [0.15, 0.2) is 65.8 Å². The molecule has 1 amide bonds. The Hall–Kier alpha value is -2.86. The van der Waals surface area contributed by atoms with E-state index in [1.807, 2.05) is 59.9 Å². The number of hydrogen-bond donors (Lipinski definition) is 1. The summed E-state index contributed by atoms with van der Waals surface area (Å²) in [6.07, 6.45) is 0. The van der Waals surface area contributed by atoms with Crippen molar-refractivity contribution in [2.24, 2.45) is 0 Å². The summed E-state index contributed by atoms with van der Waals surface area (Å²) in [6.45, 7) is 4.49. The first-order chi connectivity index (χ1) is 13.1. The number of amides is 1. The molecular formula is C21H20N4OS. The van der Waals surface area contributed by atoms with Crippen molar-refractivity contribution < 1.29 is 4.79 Å². The number of nitrogens with one attached hydrogen (secondary N) is 1. The second-order valence-corrected chi connectivity index (χ2v) is 7.79. The molecule has 0 aliphatic carbocycles. The number of carbonyl (C=O) groups is 1. The Morgan fingerprint density at radius 2 is 1.85 bits per heavy atom. The molecule has 2 aromatic heterocycles. The molecule has 1 unspecified atom stereocenters. The zero-order valence-electron chi connectivity index (χ0n) is 15.2. The summed E-state index contributed by atoms with van der Waals surface area (Å²) >= 11 is 1.42. The van der Waals surface area contributed by atoms with Gasteiger partial charge in [-0.05, 0) is 37.1 Å². The highest BCUT2D eigenvalue weighted by Crippen LogP contribution is 2.27. The Balaban J connectivity index is 1.56. The number of fused-ring (bicyclic) bond motifs is 3. The second kappa shape index (κ2) is 7.40. The van der Waals surface area contributed by atoms with Crippen molar-refractivity contribution in [3.63, 3.8) is 0 Å². The lowest BCUT2D eigenvalue weighted by Gasteiger charge is -2.12. The predicted octanol–water partition coefficient (Wildman–Crippen LogP) is 3.99. The van der Waals surface area contributed by atoms with Gasteiger partial charge in [0.25, 0.3) is 0 Å². The van der Waals surface area contributed by atoms with Crippen LogP contribution >= 0.6 is 11.8 Å². The first kappa shape index (κ1) is 17.5. The smallest absolute Gasteiger partial charge is 0.233 e. The topological polar surface area (TPSA) is 59.3 Å². The molecule has 136 valence electrons. The molecule has 0 spiro atoms. The van der Waals surface area contributed by atoms with Crippen molar-refractivity contribution in [3.05, 3.63) is 71.8 Å². The lowest BCUT2D eigenvalue weighted by Crippen LogP contribution is -2.30. The molecule has 5 nitrogen and oxygen atoms in total. The molecule has 0 saturated carbocycles. The Labute approximate surface area is 161 Å². The van der Waals surface area contributed by atoms with Gasteiger partial charge in [-0.2, -0.15) is 0 Å². The van der Waals surface area contributed by atoms with Crippen LogP contribution in [-0.4, -0.2) is 25.8 Å². The van der Waals surface area contributed by atoms with Crippen LogP contribution in [0.2, 0.25) is 0 Å². The number of para-hydroxylation sites is 1. The van der Waals surface area contributed by atoms with Crippen molar-refractivity contribution in [2.75, 3.05) is 0 Å². The monoisotopic (exact) mass is 376 g/mol. The Bertz CT molecular complexity index is 1110. The van der Waals surface area contributed by atoms with Gasteiger partial charge in [-0.25, -0.2) is 0 Å². The fraction of sp³-hybridized carbons (Fsp3) is 0.190. The highest BCUT2D eigenvalue weighted by atomic mass is 32.2. The van der Waals surface area contributed by atoms with Gasteiger partial charge in [0.15, 0.2) is 10.8 Å². The molecule has 0 aliphatic heterocycles. The van der Waals surface area contributed by atoms with Crippen LogP contribution < -0.4 is 5.32 Å². The summed E-state index contributed by atoms with van der Waals surface area (Å²) in [4.78, 5) is 12.5. The summed E-state index contributed by atoms with van der Waals surface area (Å²) in [7, 11) is 0. The molecule has 2 aromatic carbocycles. The minimum atomic E-state index is -0.277. The summed E-state index contributed by atoms with van der Waals surface area (Å²) in [5.41, 5.74) is 4.09. The van der Waals surface area contributed by atoms with E-state index in [0.717, 1.165) is 32.8 Å². The number of rotatable bonds is 5. The number of aromatic nitrogens is 3. The maximum absolute atomic E-state index is 12.5. The predicted molar refractivity (Wildman–Crippen MR) is 109 cm³/mol. The minimum Gasteiger partial charge on any atom is -0.351 e. The van der Waals surface area contributed by atoms with E-state index in [9.17, 15) is 4.79 Å². The van der Waals surface area contributed by atoms with Crippen molar-refractivity contribution >= 4 is 34.2 Å². The normalized spacial score (nSPS) is 12.4. The Morgan fingerprint density at radius 3 is 2.67 bits per heavy atom. The van der Waals surface area contributed by atoms with Gasteiger partial charge < -0.3 is 5.32 Å². The molecule has 1 atom stereocenters. The molecule has 6 heteroatoms. The third-order valence-corrected chi connectivity index (χ3v) is 5.58. The van der Waals surface area contributed by atoms with Gasteiger partial charge in [0, 0.05) is 11.9 Å². The molecule has 0 fully saturated rings. The van der Waals surface area contributed by atoms with Crippen molar-refractivity contribution in [3.8, 4) is 0 Å². The van der Waals surface area contributed by atoms with E-state index in [2.05, 4.69) is 34.6 Å². The van der Waals surface area contributed by atoms with Crippen LogP contribution in [-0.2, 0) is 11.3 Å². The fourth-order valence-corrected chi connectivity index (χ4v) is 3.98. The number of aryl methyl sites for hydroxylation is 1. The quantitative estimate of drug-likeness (QED) is 0.535. The molecule has 27 heavy (non-hydrogen) atoms.